The van der Waals surface area contributed by atoms with Crippen LogP contribution < -0.4 is 11.1 Å². The lowest BCUT2D eigenvalue weighted by molar-refractivity contribution is 0.439. The molecule has 3 atom stereocenters. The number of rotatable bonds is 3. The number of nitrogens with two attached hydrogens (primary N) is 1. The summed E-state index contributed by atoms with van der Waals surface area (Å²) in [6, 6.07) is 4.53. The van der Waals surface area contributed by atoms with Crippen LogP contribution in [-0.4, -0.2) is 16.0 Å². The van der Waals surface area contributed by atoms with Gasteiger partial charge in [0.25, 0.3) is 0 Å². The number of fused-ring (bicyclic) bond motifs is 2. The van der Waals surface area contributed by atoms with E-state index in [9.17, 15) is 0 Å². The second kappa shape index (κ2) is 4.26. The molecule has 0 spiro atoms. The van der Waals surface area contributed by atoms with Gasteiger partial charge in [-0.15, -0.1) is 0 Å². The Morgan fingerprint density at radius 2 is 2.24 bits per heavy atom. The zero-order valence-corrected chi connectivity index (χ0v) is 10.5. The van der Waals surface area contributed by atoms with Crippen molar-refractivity contribution in [1.29, 1.82) is 0 Å². The van der Waals surface area contributed by atoms with Crippen molar-refractivity contribution in [2.24, 2.45) is 17.6 Å². The number of pyridine rings is 1. The van der Waals surface area contributed by atoms with Gasteiger partial charge < -0.3 is 11.1 Å². The van der Waals surface area contributed by atoms with Gasteiger partial charge in [-0.05, 0) is 43.2 Å². The van der Waals surface area contributed by atoms with Crippen molar-refractivity contribution in [3.8, 4) is 0 Å². The average Bonchev–Trinajstić information content (AvgIpc) is 2.91. The summed E-state index contributed by atoms with van der Waals surface area (Å²) >= 11 is 4.91. The van der Waals surface area contributed by atoms with E-state index in [1.54, 1.807) is 6.20 Å². The predicted octanol–water partition coefficient (Wildman–Crippen LogP) is 2.32. The van der Waals surface area contributed by atoms with Gasteiger partial charge in [0, 0.05) is 17.8 Å². The molecule has 2 aliphatic rings. The first-order chi connectivity index (χ1) is 8.22. The molecule has 90 valence electrons. The van der Waals surface area contributed by atoms with Crippen LogP contribution in [0.15, 0.2) is 18.3 Å². The van der Waals surface area contributed by atoms with Gasteiger partial charge >= 0.3 is 0 Å². The number of hydrogen-bond donors (Lipinski definition) is 2. The molecule has 0 amide bonds. The SMILES string of the molecule is NC(=S)c1ccc(NC2CC3CCC2C3)nc1. The van der Waals surface area contributed by atoms with Crippen LogP contribution in [0.4, 0.5) is 5.82 Å². The summed E-state index contributed by atoms with van der Waals surface area (Å²) in [6.07, 6.45) is 7.27. The zero-order chi connectivity index (χ0) is 11.8. The molecule has 0 aliphatic heterocycles. The Kier molecular flexibility index (Phi) is 2.74. The van der Waals surface area contributed by atoms with E-state index >= 15 is 0 Å². The third-order valence-electron chi connectivity index (χ3n) is 4.12. The number of hydrogen-bond acceptors (Lipinski definition) is 3. The van der Waals surface area contributed by atoms with Crippen molar-refractivity contribution in [3.63, 3.8) is 0 Å². The Balaban J connectivity index is 1.67. The fourth-order valence-corrected chi connectivity index (χ4v) is 3.36. The Morgan fingerprint density at radius 3 is 2.76 bits per heavy atom. The summed E-state index contributed by atoms with van der Waals surface area (Å²) in [5.74, 6) is 2.76. The molecule has 2 bridgehead atoms. The van der Waals surface area contributed by atoms with E-state index in [4.69, 9.17) is 18.0 Å². The Bertz CT molecular complexity index is 429. The maximum Gasteiger partial charge on any atom is 0.126 e. The number of nitrogens with zero attached hydrogens (tertiary/aromatic N) is 1. The first kappa shape index (κ1) is 11.0. The van der Waals surface area contributed by atoms with Gasteiger partial charge in [-0.3, -0.25) is 0 Å². The van der Waals surface area contributed by atoms with Crippen molar-refractivity contribution in [3.05, 3.63) is 23.9 Å². The van der Waals surface area contributed by atoms with Gasteiger partial charge in [0.05, 0.1) is 0 Å². The normalized spacial score (nSPS) is 30.5. The summed E-state index contributed by atoms with van der Waals surface area (Å²) in [5, 5.41) is 3.54. The fraction of sp³-hybridized carbons (Fsp3) is 0.538. The standard InChI is InChI=1S/C13H17N3S/c14-13(17)10-3-4-12(15-7-10)16-11-6-8-1-2-9(11)5-8/h3-4,7-9,11H,1-2,5-6H2,(H2,14,17)(H,15,16). The predicted molar refractivity (Wildman–Crippen MR) is 73.0 cm³/mol. The molecule has 3 rings (SSSR count). The monoisotopic (exact) mass is 247 g/mol. The van der Waals surface area contributed by atoms with E-state index < -0.39 is 0 Å². The molecule has 2 fully saturated rings. The molecule has 17 heavy (non-hydrogen) atoms. The molecule has 0 aromatic carbocycles. The summed E-state index contributed by atoms with van der Waals surface area (Å²) in [7, 11) is 0. The third kappa shape index (κ3) is 2.14. The topological polar surface area (TPSA) is 50.9 Å². The number of aromatic nitrogens is 1. The largest absolute Gasteiger partial charge is 0.389 e. The minimum atomic E-state index is 0.406. The highest BCUT2D eigenvalue weighted by Gasteiger charge is 2.39. The Labute approximate surface area is 107 Å². The quantitative estimate of drug-likeness (QED) is 0.805. The average molecular weight is 247 g/mol. The summed E-state index contributed by atoms with van der Waals surface area (Å²) < 4.78 is 0. The second-order valence-corrected chi connectivity index (χ2v) is 5.66. The maximum absolute atomic E-state index is 5.55. The van der Waals surface area contributed by atoms with Crippen LogP contribution in [0.2, 0.25) is 0 Å². The van der Waals surface area contributed by atoms with Crippen molar-refractivity contribution < 1.29 is 0 Å². The van der Waals surface area contributed by atoms with Crippen molar-refractivity contribution in [2.75, 3.05) is 5.32 Å². The number of nitrogens with one attached hydrogen (secondary N) is 1. The van der Waals surface area contributed by atoms with Crippen molar-refractivity contribution >= 4 is 23.0 Å². The van der Waals surface area contributed by atoms with E-state index in [-0.39, 0.29) is 0 Å². The number of thiocarbonyl (C=S) groups is 1. The lowest BCUT2D eigenvalue weighted by Gasteiger charge is -2.23. The number of anilines is 1. The molecule has 0 saturated heterocycles. The van der Waals surface area contributed by atoms with Crippen LogP contribution >= 0.6 is 12.2 Å². The smallest absolute Gasteiger partial charge is 0.126 e. The Morgan fingerprint density at radius 1 is 1.35 bits per heavy atom. The third-order valence-corrected chi connectivity index (χ3v) is 4.36. The van der Waals surface area contributed by atoms with Gasteiger partial charge in [0.1, 0.15) is 10.8 Å². The maximum atomic E-state index is 5.55. The molecule has 4 heteroatoms. The minimum Gasteiger partial charge on any atom is -0.389 e. The van der Waals surface area contributed by atoms with Crippen molar-refractivity contribution in [1.82, 2.24) is 4.98 Å². The van der Waals surface area contributed by atoms with Gasteiger partial charge in [-0.25, -0.2) is 4.98 Å². The van der Waals surface area contributed by atoms with Crippen LogP contribution in [-0.2, 0) is 0 Å². The van der Waals surface area contributed by atoms with Gasteiger partial charge in [-0.1, -0.05) is 18.6 Å². The Hall–Kier alpha value is -1.16. The first-order valence-electron chi connectivity index (χ1n) is 6.25. The molecule has 3 nitrogen and oxygen atoms in total. The highest BCUT2D eigenvalue weighted by Crippen LogP contribution is 2.45. The molecule has 0 radical (unpaired) electrons. The van der Waals surface area contributed by atoms with E-state index in [2.05, 4.69) is 10.3 Å². The van der Waals surface area contributed by atoms with Crippen LogP contribution in [0.1, 0.15) is 31.2 Å². The molecule has 2 aliphatic carbocycles. The molecule has 2 saturated carbocycles. The van der Waals surface area contributed by atoms with Crippen LogP contribution in [0, 0.1) is 11.8 Å². The molecule has 1 aromatic rings. The van der Waals surface area contributed by atoms with Gasteiger partial charge in [0.15, 0.2) is 0 Å². The molecular weight excluding hydrogens is 230 g/mol. The lowest BCUT2D eigenvalue weighted by Crippen LogP contribution is -2.26. The lowest BCUT2D eigenvalue weighted by atomic mass is 9.95. The second-order valence-electron chi connectivity index (χ2n) is 5.22. The van der Waals surface area contributed by atoms with Crippen LogP contribution in [0.3, 0.4) is 0 Å². The molecule has 3 N–H and O–H groups in total. The van der Waals surface area contributed by atoms with E-state index in [1.165, 1.54) is 25.7 Å². The fourth-order valence-electron chi connectivity index (χ4n) is 3.24. The zero-order valence-electron chi connectivity index (χ0n) is 9.73. The van der Waals surface area contributed by atoms with Crippen molar-refractivity contribution in [2.45, 2.75) is 31.7 Å². The van der Waals surface area contributed by atoms with E-state index in [0.29, 0.717) is 11.0 Å². The molecule has 1 heterocycles. The first-order valence-corrected chi connectivity index (χ1v) is 6.65. The highest BCUT2D eigenvalue weighted by molar-refractivity contribution is 7.80. The molecule has 1 aromatic heterocycles. The van der Waals surface area contributed by atoms with Gasteiger partial charge in [-0.2, -0.15) is 0 Å². The van der Waals surface area contributed by atoms with E-state index in [0.717, 1.165) is 23.2 Å². The van der Waals surface area contributed by atoms with E-state index in [1.807, 2.05) is 12.1 Å². The summed E-state index contributed by atoms with van der Waals surface area (Å²) in [6.45, 7) is 0. The minimum absolute atomic E-state index is 0.406. The summed E-state index contributed by atoms with van der Waals surface area (Å²) in [4.78, 5) is 4.77. The molecule has 3 unspecified atom stereocenters. The highest BCUT2D eigenvalue weighted by atomic mass is 32.1. The summed E-state index contributed by atoms with van der Waals surface area (Å²) in [5.41, 5.74) is 6.38. The van der Waals surface area contributed by atoms with Gasteiger partial charge in [0.2, 0.25) is 0 Å². The molecular formula is C13H17N3S. The van der Waals surface area contributed by atoms with Crippen LogP contribution in [0.25, 0.3) is 0 Å². The van der Waals surface area contributed by atoms with Crippen LogP contribution in [0.5, 0.6) is 0 Å².